The summed E-state index contributed by atoms with van der Waals surface area (Å²) in [4.78, 5) is 18.4. The molecule has 1 heterocycles. The van der Waals surface area contributed by atoms with E-state index >= 15 is 0 Å². The third-order valence-corrected chi connectivity index (χ3v) is 3.30. The van der Waals surface area contributed by atoms with Crippen LogP contribution in [0.2, 0.25) is 0 Å². The third-order valence-electron chi connectivity index (χ3n) is 3.30. The van der Waals surface area contributed by atoms with Gasteiger partial charge in [0.1, 0.15) is 11.6 Å². The maximum absolute atomic E-state index is 11.4. The highest BCUT2D eigenvalue weighted by Crippen LogP contribution is 2.11. The van der Waals surface area contributed by atoms with Gasteiger partial charge in [-0.3, -0.25) is 4.79 Å². The number of aromatic amines is 1. The SMILES string of the molecule is CCc1nc(NCC(N)C(CC)CC)cc(=O)[nH]1. The molecule has 0 aromatic carbocycles. The lowest BCUT2D eigenvalue weighted by Gasteiger charge is -2.21. The molecule has 5 heteroatoms. The smallest absolute Gasteiger partial charge is 0.252 e. The van der Waals surface area contributed by atoms with Crippen LogP contribution in [0.1, 0.15) is 39.4 Å². The van der Waals surface area contributed by atoms with Crippen molar-refractivity contribution in [2.24, 2.45) is 11.7 Å². The molecule has 0 bridgehead atoms. The molecule has 0 amide bonds. The normalized spacial score (nSPS) is 12.7. The van der Waals surface area contributed by atoms with Gasteiger partial charge in [0.2, 0.25) is 0 Å². The zero-order valence-corrected chi connectivity index (χ0v) is 11.5. The average Bonchev–Trinajstić information content (AvgIpc) is 2.37. The van der Waals surface area contributed by atoms with Crippen LogP contribution in [-0.2, 0) is 6.42 Å². The van der Waals surface area contributed by atoms with Crippen molar-refractivity contribution >= 4 is 5.82 Å². The first kappa shape index (κ1) is 14.7. The van der Waals surface area contributed by atoms with Crippen molar-refractivity contribution in [3.63, 3.8) is 0 Å². The Morgan fingerprint density at radius 3 is 2.61 bits per heavy atom. The molecule has 0 aliphatic heterocycles. The predicted octanol–water partition coefficient (Wildman–Crippen LogP) is 1.51. The topological polar surface area (TPSA) is 83.8 Å². The molecule has 1 aromatic heterocycles. The zero-order valence-electron chi connectivity index (χ0n) is 11.5. The maximum atomic E-state index is 11.4. The quantitative estimate of drug-likeness (QED) is 0.687. The number of nitrogens with one attached hydrogen (secondary N) is 2. The number of aryl methyl sites for hydroxylation is 1. The zero-order chi connectivity index (χ0) is 13.5. The summed E-state index contributed by atoms with van der Waals surface area (Å²) in [6.45, 7) is 6.90. The summed E-state index contributed by atoms with van der Waals surface area (Å²) in [5.74, 6) is 1.81. The first-order valence-corrected chi connectivity index (χ1v) is 6.70. The molecule has 1 rings (SSSR count). The lowest BCUT2D eigenvalue weighted by molar-refractivity contribution is 0.407. The molecule has 0 aliphatic rings. The Hall–Kier alpha value is -1.36. The second-order valence-electron chi connectivity index (χ2n) is 4.55. The van der Waals surface area contributed by atoms with Crippen molar-refractivity contribution in [3.05, 3.63) is 22.2 Å². The van der Waals surface area contributed by atoms with E-state index in [0.717, 1.165) is 12.8 Å². The van der Waals surface area contributed by atoms with E-state index in [0.29, 0.717) is 30.5 Å². The molecule has 1 unspecified atom stereocenters. The summed E-state index contributed by atoms with van der Waals surface area (Å²) in [6.07, 6.45) is 2.86. The first-order valence-electron chi connectivity index (χ1n) is 6.70. The predicted molar refractivity (Wildman–Crippen MR) is 74.8 cm³/mol. The van der Waals surface area contributed by atoms with Crippen LogP contribution in [0.15, 0.2) is 10.9 Å². The summed E-state index contributed by atoms with van der Waals surface area (Å²) in [5, 5.41) is 3.15. The second-order valence-corrected chi connectivity index (χ2v) is 4.55. The number of nitrogens with two attached hydrogens (primary N) is 1. The molecule has 1 atom stereocenters. The Labute approximate surface area is 108 Å². The van der Waals surface area contributed by atoms with Gasteiger partial charge in [-0.25, -0.2) is 4.98 Å². The lowest BCUT2D eigenvalue weighted by Crippen LogP contribution is -2.36. The molecule has 102 valence electrons. The van der Waals surface area contributed by atoms with Gasteiger partial charge in [-0.1, -0.05) is 33.6 Å². The molecule has 4 N–H and O–H groups in total. The largest absolute Gasteiger partial charge is 0.368 e. The molecule has 5 nitrogen and oxygen atoms in total. The van der Waals surface area contributed by atoms with E-state index in [1.807, 2.05) is 6.92 Å². The summed E-state index contributed by atoms with van der Waals surface area (Å²) in [7, 11) is 0. The standard InChI is InChI=1S/C13H24N4O/c1-4-9(5-2)10(14)8-15-12-7-13(18)17-11(6-3)16-12/h7,9-10H,4-6,8,14H2,1-3H3,(H2,15,16,17,18). The van der Waals surface area contributed by atoms with Crippen molar-refractivity contribution in [3.8, 4) is 0 Å². The van der Waals surface area contributed by atoms with Gasteiger partial charge in [0.25, 0.3) is 5.56 Å². The van der Waals surface area contributed by atoms with E-state index in [1.54, 1.807) is 0 Å². The van der Waals surface area contributed by atoms with E-state index in [4.69, 9.17) is 5.73 Å². The fourth-order valence-electron chi connectivity index (χ4n) is 2.05. The average molecular weight is 252 g/mol. The molecule has 0 radical (unpaired) electrons. The molecule has 1 aromatic rings. The number of H-pyrrole nitrogens is 1. The van der Waals surface area contributed by atoms with Gasteiger partial charge in [0.15, 0.2) is 0 Å². The van der Waals surface area contributed by atoms with Crippen molar-refractivity contribution in [2.75, 3.05) is 11.9 Å². The van der Waals surface area contributed by atoms with Crippen LogP contribution in [0.25, 0.3) is 0 Å². The van der Waals surface area contributed by atoms with Crippen LogP contribution in [0.3, 0.4) is 0 Å². The first-order chi connectivity index (χ1) is 8.60. The van der Waals surface area contributed by atoms with Crippen LogP contribution in [0.5, 0.6) is 0 Å². The number of anilines is 1. The monoisotopic (exact) mass is 252 g/mol. The fourth-order valence-corrected chi connectivity index (χ4v) is 2.05. The molecular weight excluding hydrogens is 228 g/mol. The number of hydrogen-bond donors (Lipinski definition) is 3. The maximum Gasteiger partial charge on any atom is 0.252 e. The van der Waals surface area contributed by atoms with Gasteiger partial charge >= 0.3 is 0 Å². The molecule has 0 aliphatic carbocycles. The molecular formula is C13H24N4O. The number of hydrogen-bond acceptors (Lipinski definition) is 4. The molecule has 0 fully saturated rings. The number of aromatic nitrogens is 2. The van der Waals surface area contributed by atoms with Crippen LogP contribution >= 0.6 is 0 Å². The van der Waals surface area contributed by atoms with Gasteiger partial charge in [-0.05, 0) is 5.92 Å². The van der Waals surface area contributed by atoms with Crippen LogP contribution in [0.4, 0.5) is 5.82 Å². The van der Waals surface area contributed by atoms with Gasteiger partial charge in [0, 0.05) is 25.1 Å². The Kier molecular flexibility index (Phi) is 5.85. The Morgan fingerprint density at radius 2 is 2.06 bits per heavy atom. The third kappa shape index (κ3) is 4.14. The van der Waals surface area contributed by atoms with Gasteiger partial charge < -0.3 is 16.0 Å². The minimum absolute atomic E-state index is 0.0890. The minimum atomic E-state index is -0.125. The van der Waals surface area contributed by atoms with E-state index in [9.17, 15) is 4.79 Å². The Bertz CT molecular complexity index is 412. The summed E-state index contributed by atoms with van der Waals surface area (Å²) < 4.78 is 0. The summed E-state index contributed by atoms with van der Waals surface area (Å²) >= 11 is 0. The second kappa shape index (κ2) is 7.16. The number of nitrogens with zero attached hydrogens (tertiary/aromatic N) is 1. The van der Waals surface area contributed by atoms with E-state index in [-0.39, 0.29) is 11.6 Å². The summed E-state index contributed by atoms with van der Waals surface area (Å²) in [6, 6.07) is 1.56. The molecule has 0 saturated heterocycles. The van der Waals surface area contributed by atoms with Crippen molar-refractivity contribution in [1.29, 1.82) is 0 Å². The van der Waals surface area contributed by atoms with E-state index in [1.165, 1.54) is 6.07 Å². The highest BCUT2D eigenvalue weighted by Gasteiger charge is 2.13. The van der Waals surface area contributed by atoms with Gasteiger partial charge in [-0.15, -0.1) is 0 Å². The van der Waals surface area contributed by atoms with Gasteiger partial charge in [-0.2, -0.15) is 0 Å². The molecule has 18 heavy (non-hydrogen) atoms. The van der Waals surface area contributed by atoms with Crippen LogP contribution < -0.4 is 16.6 Å². The summed E-state index contributed by atoms with van der Waals surface area (Å²) in [5.41, 5.74) is 5.99. The van der Waals surface area contributed by atoms with Crippen molar-refractivity contribution in [1.82, 2.24) is 9.97 Å². The Balaban J connectivity index is 2.63. The highest BCUT2D eigenvalue weighted by molar-refractivity contribution is 5.33. The minimum Gasteiger partial charge on any atom is -0.368 e. The fraction of sp³-hybridized carbons (Fsp3) is 0.692. The molecule has 0 spiro atoms. The van der Waals surface area contributed by atoms with Gasteiger partial charge in [0.05, 0.1) is 0 Å². The van der Waals surface area contributed by atoms with Crippen molar-refractivity contribution in [2.45, 2.75) is 46.1 Å². The van der Waals surface area contributed by atoms with Crippen LogP contribution in [-0.4, -0.2) is 22.6 Å². The molecule has 0 saturated carbocycles. The Morgan fingerprint density at radius 1 is 1.39 bits per heavy atom. The number of rotatable bonds is 7. The van der Waals surface area contributed by atoms with E-state index < -0.39 is 0 Å². The van der Waals surface area contributed by atoms with E-state index in [2.05, 4.69) is 29.1 Å². The lowest BCUT2D eigenvalue weighted by atomic mass is 9.95. The van der Waals surface area contributed by atoms with Crippen LogP contribution in [0, 0.1) is 5.92 Å². The highest BCUT2D eigenvalue weighted by atomic mass is 16.1. The van der Waals surface area contributed by atoms with Crippen molar-refractivity contribution < 1.29 is 0 Å².